The van der Waals surface area contributed by atoms with Crippen LogP contribution in [0.4, 0.5) is 5.69 Å². The van der Waals surface area contributed by atoms with Gasteiger partial charge in [0.1, 0.15) is 5.75 Å². The van der Waals surface area contributed by atoms with Crippen molar-refractivity contribution in [3.63, 3.8) is 0 Å². The molecular formula is C26H29N3O3. The summed E-state index contributed by atoms with van der Waals surface area (Å²) in [6.07, 6.45) is 0. The van der Waals surface area contributed by atoms with Crippen molar-refractivity contribution in [2.45, 2.75) is 6.54 Å². The predicted octanol–water partition coefficient (Wildman–Crippen LogP) is 3.34. The fourth-order valence-corrected chi connectivity index (χ4v) is 4.70. The van der Waals surface area contributed by atoms with Gasteiger partial charge in [-0.3, -0.25) is 9.69 Å². The van der Waals surface area contributed by atoms with E-state index in [-0.39, 0.29) is 11.7 Å². The first kappa shape index (κ1) is 20.8. The molecule has 2 saturated heterocycles. The number of carbonyl (C=O) groups is 1. The van der Waals surface area contributed by atoms with Gasteiger partial charge in [0.2, 0.25) is 0 Å². The average Bonchev–Trinajstić information content (AvgIpc) is 2.86. The molecule has 5 rings (SSSR count). The number of carbonyl (C=O) groups excluding carboxylic acids is 1. The molecule has 0 atom stereocenters. The van der Waals surface area contributed by atoms with Crippen molar-refractivity contribution in [2.24, 2.45) is 0 Å². The first-order chi connectivity index (χ1) is 15.7. The van der Waals surface area contributed by atoms with E-state index in [0.29, 0.717) is 38.4 Å². The number of phenols is 1. The molecule has 0 saturated carbocycles. The Kier molecular flexibility index (Phi) is 5.97. The number of anilines is 1. The van der Waals surface area contributed by atoms with Gasteiger partial charge in [0.15, 0.2) is 0 Å². The highest BCUT2D eigenvalue weighted by Crippen LogP contribution is 2.34. The van der Waals surface area contributed by atoms with E-state index in [2.05, 4.69) is 34.1 Å². The molecule has 0 aromatic heterocycles. The monoisotopic (exact) mass is 431 g/mol. The van der Waals surface area contributed by atoms with Gasteiger partial charge in [-0.2, -0.15) is 0 Å². The van der Waals surface area contributed by atoms with E-state index in [1.54, 1.807) is 4.90 Å². The summed E-state index contributed by atoms with van der Waals surface area (Å²) in [5.41, 5.74) is 2.48. The topological polar surface area (TPSA) is 56.2 Å². The first-order valence-electron chi connectivity index (χ1n) is 11.3. The predicted molar refractivity (Wildman–Crippen MR) is 126 cm³/mol. The summed E-state index contributed by atoms with van der Waals surface area (Å²) in [6, 6.07) is 20.3. The Labute approximate surface area is 188 Å². The van der Waals surface area contributed by atoms with Crippen LogP contribution >= 0.6 is 0 Å². The molecule has 3 aromatic carbocycles. The number of amides is 1. The first-order valence-corrected chi connectivity index (χ1v) is 11.3. The molecule has 2 heterocycles. The van der Waals surface area contributed by atoms with Crippen molar-refractivity contribution in [3.05, 3.63) is 71.8 Å². The molecule has 166 valence electrons. The highest BCUT2D eigenvalue weighted by molar-refractivity contribution is 6.03. The number of hydrogen-bond donors (Lipinski definition) is 1. The minimum atomic E-state index is -0.119. The molecular weight excluding hydrogens is 402 g/mol. The zero-order valence-electron chi connectivity index (χ0n) is 18.2. The van der Waals surface area contributed by atoms with Crippen LogP contribution in [-0.2, 0) is 11.3 Å². The van der Waals surface area contributed by atoms with E-state index >= 15 is 0 Å². The van der Waals surface area contributed by atoms with E-state index in [1.165, 1.54) is 5.69 Å². The number of benzene rings is 3. The zero-order chi connectivity index (χ0) is 21.9. The summed E-state index contributed by atoms with van der Waals surface area (Å²) in [5, 5.41) is 13.2. The summed E-state index contributed by atoms with van der Waals surface area (Å²) in [5.74, 6) is -0.00243. The van der Waals surface area contributed by atoms with Crippen LogP contribution in [-0.4, -0.2) is 73.3 Å². The lowest BCUT2D eigenvalue weighted by atomic mass is 9.97. The lowest BCUT2D eigenvalue weighted by Gasteiger charge is -2.36. The number of rotatable bonds is 4. The molecule has 6 heteroatoms. The lowest BCUT2D eigenvalue weighted by Crippen LogP contribution is -2.46. The highest BCUT2D eigenvalue weighted by atomic mass is 16.5. The van der Waals surface area contributed by atoms with E-state index in [1.807, 2.05) is 36.4 Å². The molecule has 0 spiro atoms. The molecule has 1 N–H and O–H groups in total. The number of fused-ring (bicyclic) bond motifs is 1. The fraction of sp³-hybridized carbons (Fsp3) is 0.346. The normalized spacial score (nSPS) is 17.6. The molecule has 0 bridgehead atoms. The second kappa shape index (κ2) is 9.18. The van der Waals surface area contributed by atoms with Gasteiger partial charge >= 0.3 is 0 Å². The Morgan fingerprint density at radius 3 is 2.31 bits per heavy atom. The maximum atomic E-state index is 13.2. The van der Waals surface area contributed by atoms with Crippen molar-refractivity contribution in [1.82, 2.24) is 9.80 Å². The number of piperazine rings is 1. The second-order valence-corrected chi connectivity index (χ2v) is 8.48. The van der Waals surface area contributed by atoms with Crippen LogP contribution in [0.2, 0.25) is 0 Å². The lowest BCUT2D eigenvalue weighted by molar-refractivity contribution is 0.0301. The van der Waals surface area contributed by atoms with Crippen LogP contribution in [0.25, 0.3) is 10.8 Å². The summed E-state index contributed by atoms with van der Waals surface area (Å²) >= 11 is 0. The van der Waals surface area contributed by atoms with Gasteiger partial charge < -0.3 is 19.6 Å². The summed E-state index contributed by atoms with van der Waals surface area (Å²) < 4.78 is 5.38. The van der Waals surface area contributed by atoms with Gasteiger partial charge in [-0.1, -0.05) is 42.5 Å². The molecule has 0 radical (unpaired) electrons. The second-order valence-electron chi connectivity index (χ2n) is 8.48. The molecule has 2 aliphatic rings. The number of para-hydroxylation sites is 1. The highest BCUT2D eigenvalue weighted by Gasteiger charge is 2.26. The number of ether oxygens (including phenoxy) is 1. The van der Waals surface area contributed by atoms with E-state index < -0.39 is 0 Å². The van der Waals surface area contributed by atoms with Crippen molar-refractivity contribution in [1.29, 1.82) is 0 Å². The van der Waals surface area contributed by atoms with Gasteiger partial charge in [-0.05, 0) is 29.0 Å². The van der Waals surface area contributed by atoms with Gasteiger partial charge in [-0.25, -0.2) is 0 Å². The van der Waals surface area contributed by atoms with Crippen LogP contribution in [0.5, 0.6) is 5.75 Å². The summed E-state index contributed by atoms with van der Waals surface area (Å²) in [6.45, 7) is 6.51. The Morgan fingerprint density at radius 2 is 1.56 bits per heavy atom. The molecule has 32 heavy (non-hydrogen) atoms. The van der Waals surface area contributed by atoms with Crippen molar-refractivity contribution >= 4 is 22.4 Å². The van der Waals surface area contributed by atoms with Crippen molar-refractivity contribution in [2.75, 3.05) is 57.4 Å². The molecule has 2 aliphatic heterocycles. The van der Waals surface area contributed by atoms with E-state index in [4.69, 9.17) is 4.74 Å². The molecule has 3 aromatic rings. The third-order valence-electron chi connectivity index (χ3n) is 6.53. The van der Waals surface area contributed by atoms with Crippen LogP contribution < -0.4 is 4.90 Å². The number of morpholine rings is 1. The molecule has 2 fully saturated rings. The van der Waals surface area contributed by atoms with E-state index in [0.717, 1.165) is 42.5 Å². The van der Waals surface area contributed by atoms with Crippen LogP contribution in [0, 0.1) is 0 Å². The quantitative estimate of drug-likeness (QED) is 0.687. The largest absolute Gasteiger partial charge is 0.507 e. The SMILES string of the molecule is O=C(c1cc2ccccc2c(CN2CCN(c3ccccc3)CC2)c1O)N1CCOCC1. The Hall–Kier alpha value is -3.09. The maximum absolute atomic E-state index is 13.2. The minimum absolute atomic E-state index is 0.116. The van der Waals surface area contributed by atoms with Crippen molar-refractivity contribution < 1.29 is 14.6 Å². The van der Waals surface area contributed by atoms with Crippen LogP contribution in [0.1, 0.15) is 15.9 Å². The molecule has 1 amide bonds. The number of phenolic OH excluding ortho intramolecular Hbond substituents is 1. The number of aromatic hydroxyl groups is 1. The van der Waals surface area contributed by atoms with Crippen LogP contribution in [0.15, 0.2) is 60.7 Å². The maximum Gasteiger partial charge on any atom is 0.257 e. The van der Waals surface area contributed by atoms with Crippen LogP contribution in [0.3, 0.4) is 0 Å². The number of nitrogens with zero attached hydrogens (tertiary/aromatic N) is 3. The summed E-state index contributed by atoms with van der Waals surface area (Å²) in [4.78, 5) is 19.7. The minimum Gasteiger partial charge on any atom is -0.507 e. The van der Waals surface area contributed by atoms with Gasteiger partial charge in [0, 0.05) is 57.1 Å². The van der Waals surface area contributed by atoms with Gasteiger partial charge in [-0.15, -0.1) is 0 Å². The molecule has 6 nitrogen and oxygen atoms in total. The third kappa shape index (κ3) is 4.16. The standard InChI is InChI=1S/C26H29N3O3/c30-25-23(26(31)29-14-16-32-17-15-29)18-20-6-4-5-9-22(20)24(25)19-27-10-12-28(13-11-27)21-7-2-1-3-8-21/h1-9,18,30H,10-17,19H2. The molecule has 0 aliphatic carbocycles. The van der Waals surface area contributed by atoms with E-state index in [9.17, 15) is 9.90 Å². The Balaban J connectivity index is 1.39. The van der Waals surface area contributed by atoms with Crippen molar-refractivity contribution in [3.8, 4) is 5.75 Å². The van der Waals surface area contributed by atoms with Gasteiger partial charge in [0.25, 0.3) is 5.91 Å². The van der Waals surface area contributed by atoms with Gasteiger partial charge in [0.05, 0.1) is 18.8 Å². The fourth-order valence-electron chi connectivity index (χ4n) is 4.70. The Morgan fingerprint density at radius 1 is 0.875 bits per heavy atom. The zero-order valence-corrected chi connectivity index (χ0v) is 18.2. The third-order valence-corrected chi connectivity index (χ3v) is 6.53. The summed E-state index contributed by atoms with van der Waals surface area (Å²) in [7, 11) is 0. The smallest absolute Gasteiger partial charge is 0.257 e. The Bertz CT molecular complexity index is 1090. The molecule has 0 unspecified atom stereocenters. The number of hydrogen-bond acceptors (Lipinski definition) is 5. The average molecular weight is 432 g/mol.